The first-order valence-electron chi connectivity index (χ1n) is 5.13. The largest absolute Gasteiger partial charge is 0.348 e. The Hall–Kier alpha value is -0.580. The number of rotatable bonds is 2. The van der Waals surface area contributed by atoms with E-state index in [1.807, 2.05) is 0 Å². The second kappa shape index (κ2) is 5.17. The van der Waals surface area contributed by atoms with Crippen LogP contribution < -0.4 is 10.6 Å². The zero-order valence-corrected chi connectivity index (χ0v) is 10.9. The fourth-order valence-corrected chi connectivity index (χ4v) is 2.31. The van der Waals surface area contributed by atoms with Gasteiger partial charge in [0.05, 0.1) is 5.56 Å². The fourth-order valence-electron chi connectivity index (χ4n) is 1.71. The van der Waals surface area contributed by atoms with E-state index in [4.69, 9.17) is 11.6 Å². The third-order valence-corrected chi connectivity index (χ3v) is 3.50. The topological polar surface area (TPSA) is 41.1 Å². The number of benzene rings is 1. The molecule has 1 atom stereocenters. The molecule has 1 aliphatic rings. The van der Waals surface area contributed by atoms with Crippen molar-refractivity contribution in [3.63, 3.8) is 0 Å². The number of amides is 1. The van der Waals surface area contributed by atoms with Gasteiger partial charge in [-0.05, 0) is 47.1 Å². The summed E-state index contributed by atoms with van der Waals surface area (Å²) in [6, 6.07) is 5.42. The molecule has 1 amide bonds. The Morgan fingerprint density at radius 1 is 1.56 bits per heavy atom. The first kappa shape index (κ1) is 11.9. The highest BCUT2D eigenvalue weighted by atomic mass is 79.9. The van der Waals surface area contributed by atoms with Gasteiger partial charge in [-0.2, -0.15) is 0 Å². The van der Waals surface area contributed by atoms with Gasteiger partial charge in [0.1, 0.15) is 0 Å². The molecular weight excluding hydrogens is 291 g/mol. The zero-order valence-electron chi connectivity index (χ0n) is 8.59. The van der Waals surface area contributed by atoms with Crippen molar-refractivity contribution in [3.05, 3.63) is 33.3 Å². The SMILES string of the molecule is O=C(N[C@@H]1CCNC1)c1cc(Cl)ccc1Br. The third kappa shape index (κ3) is 2.75. The summed E-state index contributed by atoms with van der Waals surface area (Å²) in [4.78, 5) is 11.9. The van der Waals surface area contributed by atoms with E-state index in [2.05, 4.69) is 26.6 Å². The summed E-state index contributed by atoms with van der Waals surface area (Å²) >= 11 is 9.21. The number of halogens is 2. The minimum absolute atomic E-state index is 0.0805. The molecule has 2 N–H and O–H groups in total. The second-order valence-corrected chi connectivity index (χ2v) is 5.08. The van der Waals surface area contributed by atoms with E-state index in [9.17, 15) is 4.79 Å². The zero-order chi connectivity index (χ0) is 11.5. The quantitative estimate of drug-likeness (QED) is 0.879. The number of nitrogens with one attached hydrogen (secondary N) is 2. The summed E-state index contributed by atoms with van der Waals surface area (Å²) in [6.07, 6.45) is 0.976. The van der Waals surface area contributed by atoms with Crippen LogP contribution in [0.15, 0.2) is 22.7 Å². The minimum Gasteiger partial charge on any atom is -0.348 e. The molecule has 1 fully saturated rings. The molecule has 1 heterocycles. The average Bonchev–Trinajstić information content (AvgIpc) is 2.74. The molecule has 1 saturated heterocycles. The molecule has 0 unspecified atom stereocenters. The van der Waals surface area contributed by atoms with Crippen LogP contribution >= 0.6 is 27.5 Å². The molecule has 16 heavy (non-hydrogen) atoms. The van der Waals surface area contributed by atoms with Crippen LogP contribution in [-0.2, 0) is 0 Å². The van der Waals surface area contributed by atoms with E-state index < -0.39 is 0 Å². The minimum atomic E-state index is -0.0805. The molecule has 5 heteroatoms. The maximum absolute atomic E-state index is 11.9. The Balaban J connectivity index is 2.10. The van der Waals surface area contributed by atoms with Gasteiger partial charge >= 0.3 is 0 Å². The highest BCUT2D eigenvalue weighted by Crippen LogP contribution is 2.21. The van der Waals surface area contributed by atoms with Crippen molar-refractivity contribution in [2.45, 2.75) is 12.5 Å². The second-order valence-electron chi connectivity index (χ2n) is 3.79. The van der Waals surface area contributed by atoms with Crippen LogP contribution in [-0.4, -0.2) is 25.0 Å². The molecule has 0 radical (unpaired) electrons. The van der Waals surface area contributed by atoms with E-state index in [0.29, 0.717) is 10.6 Å². The number of hydrogen-bond acceptors (Lipinski definition) is 2. The lowest BCUT2D eigenvalue weighted by Crippen LogP contribution is -2.36. The Bertz CT molecular complexity index is 405. The molecule has 86 valence electrons. The van der Waals surface area contributed by atoms with E-state index in [1.54, 1.807) is 18.2 Å². The molecule has 0 aliphatic carbocycles. The molecule has 0 bridgehead atoms. The predicted molar refractivity (Wildman–Crippen MR) is 67.9 cm³/mol. The fraction of sp³-hybridized carbons (Fsp3) is 0.364. The van der Waals surface area contributed by atoms with Crippen molar-refractivity contribution in [1.82, 2.24) is 10.6 Å². The summed E-state index contributed by atoms with van der Waals surface area (Å²) in [5, 5.41) is 6.74. The molecule has 1 aromatic rings. The van der Waals surface area contributed by atoms with Crippen molar-refractivity contribution in [2.24, 2.45) is 0 Å². The summed E-state index contributed by atoms with van der Waals surface area (Å²) in [5.74, 6) is -0.0805. The van der Waals surface area contributed by atoms with Gasteiger partial charge in [0.25, 0.3) is 5.91 Å². The number of carbonyl (C=O) groups excluding carboxylic acids is 1. The lowest BCUT2D eigenvalue weighted by Gasteiger charge is -2.12. The van der Waals surface area contributed by atoms with Crippen molar-refractivity contribution >= 4 is 33.4 Å². The predicted octanol–water partition coefficient (Wildman–Crippen LogP) is 2.19. The normalized spacial score (nSPS) is 19.8. The summed E-state index contributed by atoms with van der Waals surface area (Å²) < 4.78 is 0.764. The van der Waals surface area contributed by atoms with Gasteiger partial charge < -0.3 is 10.6 Å². The molecule has 2 rings (SSSR count). The lowest BCUT2D eigenvalue weighted by molar-refractivity contribution is 0.0939. The van der Waals surface area contributed by atoms with E-state index in [0.717, 1.165) is 24.0 Å². The van der Waals surface area contributed by atoms with Gasteiger partial charge in [-0.25, -0.2) is 0 Å². The van der Waals surface area contributed by atoms with Crippen LogP contribution in [0.3, 0.4) is 0 Å². The van der Waals surface area contributed by atoms with Crippen molar-refractivity contribution in [1.29, 1.82) is 0 Å². The van der Waals surface area contributed by atoms with E-state index in [-0.39, 0.29) is 11.9 Å². The Morgan fingerprint density at radius 3 is 3.06 bits per heavy atom. The van der Waals surface area contributed by atoms with Crippen LogP contribution in [0, 0.1) is 0 Å². The average molecular weight is 304 g/mol. The van der Waals surface area contributed by atoms with Gasteiger partial charge in [-0.1, -0.05) is 11.6 Å². The Labute approximate surface area is 108 Å². The standard InChI is InChI=1S/C11H12BrClN2O/c12-10-2-1-7(13)5-9(10)11(16)15-8-3-4-14-6-8/h1-2,5,8,14H,3-4,6H2,(H,15,16)/t8-/m1/s1. The van der Waals surface area contributed by atoms with Crippen LogP contribution in [0.1, 0.15) is 16.8 Å². The smallest absolute Gasteiger partial charge is 0.252 e. The molecule has 3 nitrogen and oxygen atoms in total. The van der Waals surface area contributed by atoms with Gasteiger partial charge in [0.2, 0.25) is 0 Å². The number of carbonyl (C=O) groups is 1. The molecule has 0 aromatic heterocycles. The monoisotopic (exact) mass is 302 g/mol. The van der Waals surface area contributed by atoms with Crippen molar-refractivity contribution < 1.29 is 4.79 Å². The Kier molecular flexibility index (Phi) is 3.84. The molecule has 0 spiro atoms. The van der Waals surface area contributed by atoms with Gasteiger partial charge in [0, 0.05) is 22.1 Å². The van der Waals surface area contributed by atoms with Crippen LogP contribution in [0.2, 0.25) is 5.02 Å². The first-order valence-corrected chi connectivity index (χ1v) is 6.30. The highest BCUT2D eigenvalue weighted by Gasteiger charge is 2.18. The molecular formula is C11H12BrClN2O. The van der Waals surface area contributed by atoms with E-state index in [1.165, 1.54) is 0 Å². The van der Waals surface area contributed by atoms with E-state index >= 15 is 0 Å². The summed E-state index contributed by atoms with van der Waals surface area (Å²) in [7, 11) is 0. The van der Waals surface area contributed by atoms with Crippen LogP contribution in [0.4, 0.5) is 0 Å². The van der Waals surface area contributed by atoms with Crippen molar-refractivity contribution in [3.8, 4) is 0 Å². The first-order chi connectivity index (χ1) is 7.66. The van der Waals surface area contributed by atoms with Crippen molar-refractivity contribution in [2.75, 3.05) is 13.1 Å². The molecule has 0 saturated carbocycles. The van der Waals surface area contributed by atoms with Gasteiger partial charge in [-0.15, -0.1) is 0 Å². The molecule has 1 aromatic carbocycles. The van der Waals surface area contributed by atoms with Crippen LogP contribution in [0.5, 0.6) is 0 Å². The third-order valence-electron chi connectivity index (χ3n) is 2.57. The maximum atomic E-state index is 11.9. The Morgan fingerprint density at radius 2 is 2.38 bits per heavy atom. The highest BCUT2D eigenvalue weighted by molar-refractivity contribution is 9.10. The lowest BCUT2D eigenvalue weighted by atomic mass is 10.2. The summed E-state index contributed by atoms with van der Waals surface area (Å²) in [5.41, 5.74) is 0.583. The van der Waals surface area contributed by atoms with Crippen LogP contribution in [0.25, 0.3) is 0 Å². The molecule has 1 aliphatic heterocycles. The number of hydrogen-bond donors (Lipinski definition) is 2. The maximum Gasteiger partial charge on any atom is 0.252 e. The van der Waals surface area contributed by atoms with Gasteiger partial charge in [-0.3, -0.25) is 4.79 Å². The van der Waals surface area contributed by atoms with Gasteiger partial charge in [0.15, 0.2) is 0 Å². The summed E-state index contributed by atoms with van der Waals surface area (Å²) in [6.45, 7) is 1.80.